The van der Waals surface area contributed by atoms with Gasteiger partial charge in [-0.15, -0.1) is 0 Å². The molecular weight excluding hydrogens is 1740 g/mol. The number of rotatable bonds is 15. The Morgan fingerprint density at radius 1 is 0.414 bits per heavy atom. The molecule has 0 saturated heterocycles. The molecule has 0 heterocycles. The van der Waals surface area contributed by atoms with Gasteiger partial charge in [-0.3, -0.25) is 20.0 Å². The number of aromatic hydroxyl groups is 2. The van der Waals surface area contributed by atoms with Crippen LogP contribution in [0.15, 0.2) is 128 Å². The molecule has 1 radical (unpaired) electrons. The molecule has 1 atom stereocenters. The zero-order valence-electron chi connectivity index (χ0n) is 66.8. The van der Waals surface area contributed by atoms with Crippen molar-refractivity contribution in [2.24, 2.45) is 30.8 Å². The van der Waals surface area contributed by atoms with E-state index >= 15 is 0 Å². The molecule has 99 heavy (non-hydrogen) atoms. The number of allylic oxidation sites excluding steroid dienone is 2. The number of halogens is 2. The van der Waals surface area contributed by atoms with Gasteiger partial charge in [-0.2, -0.15) is 0 Å². The number of para-hydroxylation sites is 4. The summed E-state index contributed by atoms with van der Waals surface area (Å²) in [6.07, 6.45) is 3.75. The third-order valence-electron chi connectivity index (χ3n) is 17.4. The fourth-order valence-corrected chi connectivity index (χ4v) is 13.3. The Morgan fingerprint density at radius 2 is 0.616 bits per heavy atom. The van der Waals surface area contributed by atoms with E-state index in [-0.39, 0.29) is 122 Å². The first kappa shape index (κ1) is 98.0. The summed E-state index contributed by atoms with van der Waals surface area (Å²) in [6.45, 7) is 68.9. The molecule has 0 aliphatic heterocycles. The van der Waals surface area contributed by atoms with Crippen molar-refractivity contribution in [3.63, 3.8) is 0 Å². The molecule has 1 aliphatic carbocycles. The molecule has 8 nitrogen and oxygen atoms in total. The van der Waals surface area contributed by atoms with Crippen LogP contribution in [0.5, 0.6) is 11.5 Å². The molecule has 0 saturated carbocycles. The molecule has 0 fully saturated rings. The van der Waals surface area contributed by atoms with Crippen molar-refractivity contribution in [3.05, 3.63) is 164 Å². The first-order valence-electron chi connectivity index (χ1n) is 34.7. The van der Waals surface area contributed by atoms with Crippen LogP contribution >= 0.6 is 20.4 Å². The van der Waals surface area contributed by atoms with Crippen molar-refractivity contribution >= 4 is 125 Å². The van der Waals surface area contributed by atoms with Crippen LogP contribution in [-0.4, -0.2) is 98.5 Å². The van der Waals surface area contributed by atoms with Crippen LogP contribution in [0, 0.1) is 10.8 Å². The molecule has 5 aromatic carbocycles. The van der Waals surface area contributed by atoms with E-state index in [1.54, 1.807) is 0 Å². The van der Waals surface area contributed by atoms with Gasteiger partial charge in [-0.1, -0.05) is 245 Å². The van der Waals surface area contributed by atoms with Gasteiger partial charge in [-0.25, -0.2) is 0 Å². The summed E-state index contributed by atoms with van der Waals surface area (Å²) in [5, 5.41) is 20.1. The molecule has 5 aromatic rings. The summed E-state index contributed by atoms with van der Waals surface area (Å²) in [4.78, 5) is 33.0. The molecule has 14 heteroatoms. The number of aliphatic imine (C=N–C) groups is 4. The Kier molecular flexibility index (Phi) is 42.9. The second kappa shape index (κ2) is 43.4. The van der Waals surface area contributed by atoms with E-state index < -0.39 is 0 Å². The number of hydrogen-bond acceptors (Lipinski definition) is 8. The average Bonchev–Trinajstić information content (AvgIpc) is 0.667. The molecular formula is C85H131Cl2N4Ni2O4Tl2. The summed E-state index contributed by atoms with van der Waals surface area (Å²) >= 11 is 0.533. The number of hydrogen-bond donors (Lipinski definition) is 2. The Labute approximate surface area is 665 Å². The van der Waals surface area contributed by atoms with Crippen LogP contribution in [0.1, 0.15) is 332 Å². The topological polar surface area (TPSA) is 116 Å². The number of phenolic OH excluding ortho intramolecular Hbond substituents is 2. The van der Waals surface area contributed by atoms with Crippen LogP contribution in [0.25, 0.3) is 0 Å². The monoisotopic (exact) mass is 1870 g/mol. The van der Waals surface area contributed by atoms with Gasteiger partial charge < -0.3 is 10.2 Å². The molecule has 0 bridgehead atoms. The minimum atomic E-state index is -0.323. The number of nitrogens with zero attached hydrogens (tertiary/aromatic N) is 4. The van der Waals surface area contributed by atoms with E-state index in [2.05, 4.69) is 259 Å². The van der Waals surface area contributed by atoms with Crippen LogP contribution in [0.3, 0.4) is 0 Å². The van der Waals surface area contributed by atoms with Gasteiger partial charge in [0.15, 0.2) is 11.5 Å². The Hall–Kier alpha value is -3.10. The summed E-state index contributed by atoms with van der Waals surface area (Å²) in [7, 11) is 9.40. The number of Topliss-reactive ketones (excluding diaryl/α,β-unsaturated/α-hetero) is 1. The number of carbonyl (C=O) groups excluding carboxylic acids is 1. The Morgan fingerprint density at radius 3 is 0.768 bits per heavy atom. The third-order valence-corrected chi connectivity index (χ3v) is 19.3. The number of phenols is 2. The van der Waals surface area contributed by atoms with E-state index in [1.807, 2.05) is 59.8 Å². The van der Waals surface area contributed by atoms with E-state index in [0.717, 1.165) is 67.9 Å². The predicted molar refractivity (Wildman–Crippen MR) is 437 cm³/mol. The van der Waals surface area contributed by atoms with Crippen LogP contribution < -0.4 is 0 Å². The van der Waals surface area contributed by atoms with Crippen molar-refractivity contribution in [2.45, 2.75) is 293 Å². The molecule has 6 rings (SSSR count). The average molecular weight is 1870 g/mol. The van der Waals surface area contributed by atoms with Gasteiger partial charge >= 0.3 is 182 Å². The number of benzene rings is 5. The van der Waals surface area contributed by atoms with Gasteiger partial charge in [0.05, 0.1) is 45.6 Å². The Balaban J connectivity index is 0. The molecule has 1 unspecified atom stereocenters. The van der Waals surface area contributed by atoms with Crippen molar-refractivity contribution in [1.29, 1.82) is 0 Å². The van der Waals surface area contributed by atoms with Gasteiger partial charge in [-0.05, 0) is 130 Å². The second-order valence-electron chi connectivity index (χ2n) is 32.3. The zero-order valence-corrected chi connectivity index (χ0v) is 85.9. The second-order valence-corrected chi connectivity index (χ2v) is 35.7. The standard InChI is InChI=1S/2C28H40N2.C14H22O2.C14H21O2.CH4.2ClH.2Ni.2Tl.4H/c2*1-17(2)23-13-11-14-24(18(3)4)27(23)29-21(9)22(10)30-28-25(19(5)6)15-12-16-26(28)20(7)8;2*1-13(2,3)9-7-8-10(14(4,5)6)12(16)11(9)15;;;;;;;;;;;/h2*11-20H,1-10H3;7-8,15-16H,1-6H3;7-8,11H,1-6H3;1H4;2*1H;;;;;;;;/q;;;-1;;;;;+2;;+1;;;;/p-2. The van der Waals surface area contributed by atoms with E-state index in [1.165, 1.54) is 44.5 Å². The molecule has 0 spiro atoms. The normalized spacial score (nSPS) is 14.2. The fraction of sp³-hybridized carbons (Fsp3) is 0.541. The fourth-order valence-electron chi connectivity index (χ4n) is 11.5. The number of carbonyl (C=O) groups is 1. The van der Waals surface area contributed by atoms with Crippen LogP contribution in [-0.2, 0) is 47.5 Å². The van der Waals surface area contributed by atoms with Crippen LogP contribution in [0.2, 0.25) is 0 Å². The first-order chi connectivity index (χ1) is 44.1. The number of ketones is 1. The summed E-state index contributed by atoms with van der Waals surface area (Å²) in [6, 6.07) is 30.1. The van der Waals surface area contributed by atoms with E-state index in [4.69, 9.17) is 43.0 Å². The van der Waals surface area contributed by atoms with Gasteiger partial charge in [0.2, 0.25) is 0 Å². The maximum atomic E-state index is 12.5. The maximum absolute atomic E-state index is 12.5. The van der Waals surface area contributed by atoms with Gasteiger partial charge in [0, 0.05) is 27.6 Å². The van der Waals surface area contributed by atoms with Crippen LogP contribution in [0.4, 0.5) is 22.7 Å². The Bertz CT molecular complexity index is 3130. The summed E-state index contributed by atoms with van der Waals surface area (Å²) < 4.78 is 5.63. The summed E-state index contributed by atoms with van der Waals surface area (Å²) in [5.41, 5.74) is 21.9. The minimum absolute atomic E-state index is 0. The third kappa shape index (κ3) is 28.7. The summed E-state index contributed by atoms with van der Waals surface area (Å²) in [5.74, 6) is 3.64. The molecule has 0 aromatic heterocycles. The molecule has 1 aliphatic rings. The van der Waals surface area contributed by atoms with Crippen molar-refractivity contribution in [1.82, 2.24) is 0 Å². The van der Waals surface area contributed by atoms with Crippen molar-refractivity contribution < 1.29 is 46.8 Å². The van der Waals surface area contributed by atoms with E-state index in [0.29, 0.717) is 60.0 Å². The SMILES string of the molecule is C.CC(=Nc1c(C(C)C)cccc1C(C)C)C(C)=Nc1c(C(C)C)cccc1C(C)C.CC(=Nc1c(C(C)C)cccc1C(C)C)C(C)=Nc1c(C(C)C)cccc1C(C)C.CC(C)(C)C1=CC=C(C(C)(C)C)C([O][TlH2])C1=O.CC(C)(C)c1ccc(C(C)(C)C)c(O)c1O.[Cl][Ni][Cl].[Ni].[TlH2]. The van der Waals surface area contributed by atoms with Gasteiger partial charge in [0.25, 0.3) is 0 Å². The molecule has 0 amide bonds. The first-order valence-corrected chi connectivity index (χ1v) is 40.6. The van der Waals surface area contributed by atoms with E-state index in [9.17, 15) is 15.0 Å². The van der Waals surface area contributed by atoms with Crippen molar-refractivity contribution in [2.75, 3.05) is 0 Å². The molecule has 555 valence electrons. The zero-order chi connectivity index (χ0) is 74.0. The van der Waals surface area contributed by atoms with Gasteiger partial charge in [0.1, 0.15) is 0 Å². The predicted octanol–water partition coefficient (Wildman–Crippen LogP) is 25.4. The van der Waals surface area contributed by atoms with Crippen molar-refractivity contribution in [3.8, 4) is 11.5 Å². The quantitative estimate of drug-likeness (QED) is 0.0617. The molecule has 2 N–H and O–H groups in total.